The van der Waals surface area contributed by atoms with Gasteiger partial charge in [0, 0.05) is 45.6 Å². The minimum atomic E-state index is 0.600. The molecule has 0 N–H and O–H groups in total. The van der Waals surface area contributed by atoms with E-state index >= 15 is 0 Å². The van der Waals surface area contributed by atoms with E-state index in [2.05, 4.69) is 102 Å². The fourth-order valence-electron chi connectivity index (χ4n) is 7.26. The Kier molecular flexibility index (Phi) is 7.73. The van der Waals surface area contributed by atoms with Gasteiger partial charge in [-0.15, -0.1) is 0 Å². The molecule has 54 heavy (non-hydrogen) atoms. The van der Waals surface area contributed by atoms with Gasteiger partial charge in [-0.3, -0.25) is 9.97 Å². The molecule has 7 aromatic carbocycles. The quantitative estimate of drug-likeness (QED) is 0.163. The summed E-state index contributed by atoms with van der Waals surface area (Å²) in [5.74, 6) is 1.85. The summed E-state index contributed by atoms with van der Waals surface area (Å²) in [6, 6.07) is 60.8. The van der Waals surface area contributed by atoms with Crippen molar-refractivity contribution in [2.24, 2.45) is 0 Å². The molecule has 5 nitrogen and oxygen atoms in total. The summed E-state index contributed by atoms with van der Waals surface area (Å²) in [5, 5.41) is 5.90. The van der Waals surface area contributed by atoms with Crippen LogP contribution in [0.25, 0.3) is 100 Å². The van der Waals surface area contributed by atoms with Crippen molar-refractivity contribution >= 4 is 32.4 Å². The van der Waals surface area contributed by atoms with Gasteiger partial charge in [0.15, 0.2) is 17.5 Å². The van der Waals surface area contributed by atoms with E-state index in [-0.39, 0.29) is 0 Å². The van der Waals surface area contributed by atoms with E-state index in [1.807, 2.05) is 91.3 Å². The van der Waals surface area contributed by atoms with Crippen molar-refractivity contribution in [2.75, 3.05) is 0 Å². The van der Waals surface area contributed by atoms with Crippen molar-refractivity contribution in [3.63, 3.8) is 0 Å². The number of para-hydroxylation sites is 1. The molecule has 0 amide bonds. The van der Waals surface area contributed by atoms with Gasteiger partial charge in [-0.1, -0.05) is 133 Å². The molecule has 10 aromatic rings. The molecule has 252 valence electrons. The Balaban J connectivity index is 1.18. The second-order valence-corrected chi connectivity index (χ2v) is 13.4. The molecule has 0 aliphatic rings. The average molecular weight is 690 g/mol. The van der Waals surface area contributed by atoms with Gasteiger partial charge in [-0.2, -0.15) is 0 Å². The molecule has 5 heteroatoms. The molecule has 0 atom stereocenters. The summed E-state index contributed by atoms with van der Waals surface area (Å²) >= 11 is 0. The maximum Gasteiger partial charge on any atom is 0.164 e. The molecule has 3 heterocycles. The summed E-state index contributed by atoms with van der Waals surface area (Å²) in [7, 11) is 0. The number of pyridine rings is 2. The van der Waals surface area contributed by atoms with Crippen molar-refractivity contribution in [2.45, 2.75) is 0 Å². The van der Waals surface area contributed by atoms with Crippen LogP contribution < -0.4 is 0 Å². The fourth-order valence-corrected chi connectivity index (χ4v) is 7.26. The van der Waals surface area contributed by atoms with Gasteiger partial charge in [-0.25, -0.2) is 15.0 Å². The Hall–Kier alpha value is -7.37. The first-order valence-corrected chi connectivity index (χ1v) is 18.0. The van der Waals surface area contributed by atoms with Crippen LogP contribution >= 0.6 is 0 Å². The maximum atomic E-state index is 5.12. The van der Waals surface area contributed by atoms with Gasteiger partial charge in [0.25, 0.3) is 0 Å². The molecule has 0 fully saturated rings. The second-order valence-electron chi connectivity index (χ2n) is 13.4. The van der Waals surface area contributed by atoms with E-state index in [1.54, 1.807) is 0 Å². The zero-order chi connectivity index (χ0) is 35.8. The van der Waals surface area contributed by atoms with Gasteiger partial charge in [0.05, 0.1) is 11.2 Å². The SMILES string of the molecule is c1ccc(-c2nc(-c3ccccc3)nc(-c3cc(-c4ccc(-c5cnc6ccccc6c5)nc4)cc(-c4cc5ccccc5c5ccccc45)c3)n2)cc1. The molecule has 0 saturated carbocycles. The number of benzene rings is 7. The molecule has 0 bridgehead atoms. The van der Waals surface area contributed by atoms with Crippen LogP contribution in [0.4, 0.5) is 0 Å². The number of aromatic nitrogens is 5. The monoisotopic (exact) mass is 689 g/mol. The van der Waals surface area contributed by atoms with E-state index < -0.39 is 0 Å². The van der Waals surface area contributed by atoms with E-state index in [0.29, 0.717) is 17.5 Å². The number of hydrogen-bond donors (Lipinski definition) is 0. The van der Waals surface area contributed by atoms with Crippen LogP contribution in [-0.2, 0) is 0 Å². The third-order valence-corrected chi connectivity index (χ3v) is 9.95. The normalized spacial score (nSPS) is 11.3. The summed E-state index contributed by atoms with van der Waals surface area (Å²) < 4.78 is 0. The van der Waals surface area contributed by atoms with Gasteiger partial charge in [0.1, 0.15) is 0 Å². The average Bonchev–Trinajstić information content (AvgIpc) is 3.26. The minimum Gasteiger partial charge on any atom is -0.256 e. The van der Waals surface area contributed by atoms with Gasteiger partial charge >= 0.3 is 0 Å². The third kappa shape index (κ3) is 5.84. The fraction of sp³-hybridized carbons (Fsp3) is 0. The summed E-state index contributed by atoms with van der Waals surface area (Å²) in [5.41, 5.74) is 9.76. The van der Waals surface area contributed by atoms with E-state index in [0.717, 1.165) is 61.1 Å². The van der Waals surface area contributed by atoms with Crippen molar-refractivity contribution in [3.05, 3.63) is 188 Å². The van der Waals surface area contributed by atoms with Crippen LogP contribution in [0.5, 0.6) is 0 Å². The summed E-state index contributed by atoms with van der Waals surface area (Å²) in [4.78, 5) is 24.8. The predicted octanol–water partition coefficient (Wildman–Crippen LogP) is 12.1. The van der Waals surface area contributed by atoms with Crippen molar-refractivity contribution < 1.29 is 0 Å². The first kappa shape index (κ1) is 31.4. The second kappa shape index (κ2) is 13.3. The molecular formula is C49H31N5. The zero-order valence-corrected chi connectivity index (χ0v) is 29.1. The number of fused-ring (bicyclic) bond motifs is 4. The lowest BCUT2D eigenvalue weighted by atomic mass is 9.90. The number of hydrogen-bond acceptors (Lipinski definition) is 5. The molecule has 0 spiro atoms. The molecule has 0 aliphatic heterocycles. The highest BCUT2D eigenvalue weighted by atomic mass is 15.0. The maximum absolute atomic E-state index is 5.12. The van der Waals surface area contributed by atoms with Gasteiger partial charge in [0.2, 0.25) is 0 Å². The van der Waals surface area contributed by atoms with Crippen LogP contribution in [0.15, 0.2) is 188 Å². The van der Waals surface area contributed by atoms with E-state index in [4.69, 9.17) is 19.9 Å². The standard InChI is InChI=1S/C49H31N5/c1-3-13-32(14-4-1)47-52-48(33-15-5-2-6-16-33)54-49(53-47)39-27-37(36-23-24-46(50-30-36)40-25-35-18-8-12-22-45(35)51-31-40)26-38(28-39)44-29-34-17-7-9-19-41(34)42-20-10-11-21-43(42)44/h1-31H. The number of nitrogens with zero attached hydrogens (tertiary/aromatic N) is 5. The van der Waals surface area contributed by atoms with Crippen LogP contribution in [0.3, 0.4) is 0 Å². The van der Waals surface area contributed by atoms with Crippen LogP contribution in [0.2, 0.25) is 0 Å². The first-order chi connectivity index (χ1) is 26.7. The Morgan fingerprint density at radius 2 is 0.852 bits per heavy atom. The molecule has 0 aliphatic carbocycles. The predicted molar refractivity (Wildman–Crippen MR) is 221 cm³/mol. The topological polar surface area (TPSA) is 64.5 Å². The lowest BCUT2D eigenvalue weighted by molar-refractivity contribution is 1.07. The highest BCUT2D eigenvalue weighted by molar-refractivity contribution is 6.14. The van der Waals surface area contributed by atoms with Crippen molar-refractivity contribution in [1.82, 2.24) is 24.9 Å². The highest BCUT2D eigenvalue weighted by Crippen LogP contribution is 2.39. The molecular weight excluding hydrogens is 659 g/mol. The summed E-state index contributed by atoms with van der Waals surface area (Å²) in [6.07, 6.45) is 3.84. The largest absolute Gasteiger partial charge is 0.256 e. The number of rotatable bonds is 6. The van der Waals surface area contributed by atoms with Crippen LogP contribution in [-0.4, -0.2) is 24.9 Å². The molecule has 3 aromatic heterocycles. The Morgan fingerprint density at radius 3 is 1.56 bits per heavy atom. The van der Waals surface area contributed by atoms with Crippen LogP contribution in [0, 0.1) is 0 Å². The smallest absolute Gasteiger partial charge is 0.164 e. The third-order valence-electron chi connectivity index (χ3n) is 9.95. The molecule has 0 saturated heterocycles. The summed E-state index contributed by atoms with van der Waals surface area (Å²) in [6.45, 7) is 0. The molecule has 0 unspecified atom stereocenters. The van der Waals surface area contributed by atoms with E-state index in [9.17, 15) is 0 Å². The van der Waals surface area contributed by atoms with Gasteiger partial charge < -0.3 is 0 Å². The van der Waals surface area contributed by atoms with Crippen molar-refractivity contribution in [3.8, 4) is 67.7 Å². The Morgan fingerprint density at radius 1 is 0.296 bits per heavy atom. The van der Waals surface area contributed by atoms with Crippen molar-refractivity contribution in [1.29, 1.82) is 0 Å². The molecule has 10 rings (SSSR count). The minimum absolute atomic E-state index is 0.600. The zero-order valence-electron chi connectivity index (χ0n) is 29.1. The van der Waals surface area contributed by atoms with Crippen LogP contribution in [0.1, 0.15) is 0 Å². The lowest BCUT2D eigenvalue weighted by Crippen LogP contribution is -2.00. The lowest BCUT2D eigenvalue weighted by Gasteiger charge is -2.15. The highest BCUT2D eigenvalue weighted by Gasteiger charge is 2.17. The van der Waals surface area contributed by atoms with Gasteiger partial charge in [-0.05, 0) is 80.7 Å². The van der Waals surface area contributed by atoms with E-state index in [1.165, 1.54) is 21.5 Å². The molecule has 0 radical (unpaired) electrons. The first-order valence-electron chi connectivity index (χ1n) is 18.0. The Bertz CT molecular complexity index is 2920. The Labute approximate surface area is 312 Å².